The number of hydrogen-bond donors (Lipinski definition) is 4. The van der Waals surface area contributed by atoms with E-state index in [1.807, 2.05) is 32.1 Å². The molecule has 0 radical (unpaired) electrons. The Labute approximate surface area is 233 Å². The molecule has 0 aliphatic carbocycles. The van der Waals surface area contributed by atoms with Crippen molar-refractivity contribution in [2.24, 2.45) is 23.5 Å². The second-order valence-corrected chi connectivity index (χ2v) is 10.6. The molecule has 0 saturated carbocycles. The van der Waals surface area contributed by atoms with Gasteiger partial charge in [0.2, 0.25) is 5.91 Å². The number of nitrogens with one attached hydrogen (secondary N) is 1. The summed E-state index contributed by atoms with van der Waals surface area (Å²) in [5.41, 5.74) is 6.96. The summed E-state index contributed by atoms with van der Waals surface area (Å²) in [6, 6.07) is 0. The molecule has 5 N–H and O–H groups in total. The fraction of sp³-hybridized carbons (Fsp3) is 0.600. The quantitative estimate of drug-likeness (QED) is 0.0962. The summed E-state index contributed by atoms with van der Waals surface area (Å²) in [5, 5.41) is 21.5. The maximum Gasteiger partial charge on any atom is 0.404 e. The molecule has 0 saturated heterocycles. The van der Waals surface area contributed by atoms with Crippen molar-refractivity contribution >= 4 is 23.8 Å². The highest BCUT2D eigenvalue weighted by atomic mass is 16.6. The number of carboxylic acid groups (broad SMARTS) is 1. The van der Waals surface area contributed by atoms with E-state index in [-0.39, 0.29) is 24.7 Å². The van der Waals surface area contributed by atoms with Gasteiger partial charge in [-0.15, -0.1) is 0 Å². The van der Waals surface area contributed by atoms with Crippen molar-refractivity contribution in [2.45, 2.75) is 91.8 Å². The van der Waals surface area contributed by atoms with Crippen LogP contribution < -0.4 is 11.1 Å². The number of aliphatic hydroxyl groups excluding tert-OH is 1. The smallest absolute Gasteiger partial charge is 0.404 e. The Hall–Kier alpha value is -3.20. The van der Waals surface area contributed by atoms with E-state index in [0.29, 0.717) is 12.3 Å². The average molecular weight is 549 g/mol. The number of ether oxygens (including phenoxy) is 1. The van der Waals surface area contributed by atoms with Gasteiger partial charge in [-0.3, -0.25) is 9.59 Å². The van der Waals surface area contributed by atoms with E-state index in [1.54, 1.807) is 13.8 Å². The van der Waals surface area contributed by atoms with E-state index in [4.69, 9.17) is 15.6 Å². The molecule has 0 rings (SSSR count). The number of rotatable bonds is 20. The van der Waals surface area contributed by atoms with Crippen molar-refractivity contribution in [1.82, 2.24) is 5.32 Å². The highest BCUT2D eigenvalue weighted by Crippen LogP contribution is 2.21. The largest absolute Gasteiger partial charge is 0.478 e. The first-order valence-electron chi connectivity index (χ1n) is 13.5. The number of carbonyl (C=O) groups is 4. The topological polar surface area (TPSA) is 156 Å². The lowest BCUT2D eigenvalue weighted by Crippen LogP contribution is -2.41. The van der Waals surface area contributed by atoms with E-state index in [2.05, 4.69) is 24.9 Å². The van der Waals surface area contributed by atoms with Crippen LogP contribution in [0.1, 0.15) is 79.6 Å². The Morgan fingerprint density at radius 1 is 0.974 bits per heavy atom. The number of allylic oxidation sites excluding steroid dienone is 6. The maximum atomic E-state index is 12.3. The fourth-order valence-corrected chi connectivity index (χ4v) is 4.11. The monoisotopic (exact) mass is 548 g/mol. The van der Waals surface area contributed by atoms with E-state index in [1.165, 1.54) is 6.08 Å². The predicted octanol–water partition coefficient (Wildman–Crippen LogP) is 4.85. The fourth-order valence-electron chi connectivity index (χ4n) is 4.11. The van der Waals surface area contributed by atoms with Gasteiger partial charge in [0.05, 0.1) is 12.0 Å². The minimum absolute atomic E-state index is 0.0477. The first-order chi connectivity index (χ1) is 18.2. The van der Waals surface area contributed by atoms with Crippen LogP contribution in [0.5, 0.6) is 0 Å². The molecule has 39 heavy (non-hydrogen) atoms. The molecular weight excluding hydrogens is 500 g/mol. The minimum Gasteiger partial charge on any atom is -0.478 e. The zero-order valence-corrected chi connectivity index (χ0v) is 24.2. The molecule has 9 nitrogen and oxygen atoms in total. The van der Waals surface area contributed by atoms with Crippen molar-refractivity contribution < 1.29 is 34.1 Å². The van der Waals surface area contributed by atoms with Crippen LogP contribution in [0, 0.1) is 17.8 Å². The SMILES string of the molecule is C=C(CC/C=C/C=CC[C@@H](C)CC(=O)C[C@@H](O)CNC(=O)[C@@H](C)[C@@H](C)OC(N)=O)C[C@H](C)C/C(C)=C/C(=O)O. The summed E-state index contributed by atoms with van der Waals surface area (Å²) in [4.78, 5) is 45.9. The predicted molar refractivity (Wildman–Crippen MR) is 153 cm³/mol. The van der Waals surface area contributed by atoms with Crippen LogP contribution >= 0.6 is 0 Å². The highest BCUT2D eigenvalue weighted by molar-refractivity contribution is 5.81. The zero-order chi connectivity index (χ0) is 30.0. The molecule has 0 aromatic rings. The molecule has 0 aliphatic heterocycles. The zero-order valence-electron chi connectivity index (χ0n) is 24.2. The standard InChI is InChI=1S/C30H48N2O7/c1-20(14-22(3)15-23(4)17-28(35)36)12-10-8-7-9-11-13-21(2)16-26(33)18-27(34)19-32-29(37)24(5)25(6)39-30(31)38/h7-9,11,17,21-22,24-25,27,34H,1,10,12-16,18-19H2,2-6H3,(H2,31,38)(H,32,37)(H,35,36)/b8-7+,11-9?,23-17+/t21-,22+,24+,25-,27-/m1/s1. The van der Waals surface area contributed by atoms with Crippen LogP contribution in [-0.4, -0.2) is 52.7 Å². The Kier molecular flexibility index (Phi) is 18.2. The molecule has 0 aliphatic rings. The van der Waals surface area contributed by atoms with Crippen LogP contribution in [0.4, 0.5) is 4.79 Å². The van der Waals surface area contributed by atoms with Crippen molar-refractivity contribution in [3.05, 3.63) is 48.1 Å². The highest BCUT2D eigenvalue weighted by Gasteiger charge is 2.23. The number of aliphatic hydroxyl groups is 1. The third-order valence-corrected chi connectivity index (χ3v) is 6.23. The number of ketones is 1. The average Bonchev–Trinajstić information content (AvgIpc) is 2.79. The van der Waals surface area contributed by atoms with Gasteiger partial charge in [-0.05, 0) is 57.8 Å². The molecule has 0 fully saturated rings. The molecule has 0 aromatic heterocycles. The Balaban J connectivity index is 4.18. The Morgan fingerprint density at radius 2 is 1.62 bits per heavy atom. The van der Waals surface area contributed by atoms with E-state index in [0.717, 1.165) is 43.3 Å². The molecule has 5 atom stereocenters. The van der Waals surface area contributed by atoms with Crippen LogP contribution in [0.15, 0.2) is 48.1 Å². The van der Waals surface area contributed by atoms with Gasteiger partial charge in [0, 0.05) is 25.5 Å². The molecule has 0 spiro atoms. The summed E-state index contributed by atoms with van der Waals surface area (Å²) in [7, 11) is 0. The van der Waals surface area contributed by atoms with Crippen LogP contribution in [0.25, 0.3) is 0 Å². The first-order valence-corrected chi connectivity index (χ1v) is 13.5. The summed E-state index contributed by atoms with van der Waals surface area (Å²) in [5.74, 6) is -1.56. The summed E-state index contributed by atoms with van der Waals surface area (Å²) < 4.78 is 4.78. The van der Waals surface area contributed by atoms with Crippen LogP contribution in [0.2, 0.25) is 0 Å². The molecule has 9 heteroatoms. The molecular formula is C30H48N2O7. The van der Waals surface area contributed by atoms with E-state index in [9.17, 15) is 24.3 Å². The molecule has 0 bridgehead atoms. The van der Waals surface area contributed by atoms with Crippen molar-refractivity contribution in [2.75, 3.05) is 6.54 Å². The number of primary amides is 1. The second kappa shape index (κ2) is 19.8. The number of Topliss-reactive ketones (excluding diaryl/α,β-unsaturated/α-hetero) is 1. The van der Waals surface area contributed by atoms with Gasteiger partial charge in [-0.2, -0.15) is 0 Å². The number of aliphatic carboxylic acids is 1. The Morgan fingerprint density at radius 3 is 2.23 bits per heavy atom. The van der Waals surface area contributed by atoms with Gasteiger partial charge in [0.25, 0.3) is 0 Å². The molecule has 0 unspecified atom stereocenters. The van der Waals surface area contributed by atoms with Gasteiger partial charge in [0.1, 0.15) is 11.9 Å². The van der Waals surface area contributed by atoms with Crippen molar-refractivity contribution in [1.29, 1.82) is 0 Å². The third-order valence-electron chi connectivity index (χ3n) is 6.23. The normalized spacial score (nSPS) is 15.9. The van der Waals surface area contributed by atoms with E-state index < -0.39 is 36.1 Å². The number of nitrogens with two attached hydrogens (primary N) is 1. The minimum atomic E-state index is -0.991. The maximum absolute atomic E-state index is 12.3. The molecule has 0 aromatic carbocycles. The van der Waals surface area contributed by atoms with E-state index >= 15 is 0 Å². The van der Waals surface area contributed by atoms with Crippen molar-refractivity contribution in [3.63, 3.8) is 0 Å². The Bertz CT molecular complexity index is 907. The first kappa shape index (κ1) is 35.8. The number of carbonyl (C=O) groups excluding carboxylic acids is 3. The van der Waals surface area contributed by atoms with Gasteiger partial charge in [0.15, 0.2) is 0 Å². The van der Waals surface area contributed by atoms with Gasteiger partial charge in [-0.1, -0.05) is 62.8 Å². The molecule has 2 amide bonds. The summed E-state index contributed by atoms with van der Waals surface area (Å²) in [6.07, 6.45) is 11.0. The third kappa shape index (κ3) is 19.5. The molecule has 220 valence electrons. The van der Waals surface area contributed by atoms with Gasteiger partial charge < -0.3 is 26.0 Å². The van der Waals surface area contributed by atoms with Crippen LogP contribution in [-0.2, 0) is 19.1 Å². The van der Waals surface area contributed by atoms with Crippen molar-refractivity contribution in [3.8, 4) is 0 Å². The number of carboxylic acids is 1. The lowest BCUT2D eigenvalue weighted by Gasteiger charge is -2.20. The number of hydrogen-bond acceptors (Lipinski definition) is 6. The van der Waals surface area contributed by atoms with Gasteiger partial charge >= 0.3 is 12.1 Å². The lowest BCUT2D eigenvalue weighted by molar-refractivity contribution is -0.131. The summed E-state index contributed by atoms with van der Waals surface area (Å²) >= 11 is 0. The number of amides is 2. The van der Waals surface area contributed by atoms with Crippen LogP contribution in [0.3, 0.4) is 0 Å². The second-order valence-electron chi connectivity index (χ2n) is 10.6. The summed E-state index contributed by atoms with van der Waals surface area (Å²) in [6.45, 7) is 13.1. The molecule has 0 heterocycles. The van der Waals surface area contributed by atoms with Gasteiger partial charge in [-0.25, -0.2) is 9.59 Å². The lowest BCUT2D eigenvalue weighted by atomic mass is 9.93.